The highest BCUT2D eigenvalue weighted by atomic mass is 16.5. The Bertz CT molecular complexity index is 892. The van der Waals surface area contributed by atoms with Crippen LogP contribution in [0.5, 0.6) is 5.75 Å². The highest BCUT2D eigenvalue weighted by Crippen LogP contribution is 2.19. The fourth-order valence-electron chi connectivity index (χ4n) is 3.98. The van der Waals surface area contributed by atoms with Crippen LogP contribution in [0.3, 0.4) is 0 Å². The van der Waals surface area contributed by atoms with Crippen LogP contribution in [0.1, 0.15) is 30.1 Å². The van der Waals surface area contributed by atoms with Crippen molar-refractivity contribution in [2.45, 2.75) is 31.8 Å². The van der Waals surface area contributed by atoms with Gasteiger partial charge >= 0.3 is 0 Å². The van der Waals surface area contributed by atoms with Gasteiger partial charge < -0.3 is 30.1 Å². The number of rotatable bonds is 1. The SMILES string of the molecule is C[C@@H]1NC(=O)C[C@@H](C(=O)N2CCCN(C)CC2)NC(=O)c2ccccc2OCCN(C)C1=O. The number of nitrogens with zero attached hydrogens (tertiary/aromatic N) is 3. The van der Waals surface area contributed by atoms with Crippen molar-refractivity contribution in [2.75, 3.05) is 53.4 Å². The number of fused-ring (bicyclic) bond motifs is 1. The average molecular weight is 460 g/mol. The summed E-state index contributed by atoms with van der Waals surface area (Å²) in [5, 5.41) is 5.39. The van der Waals surface area contributed by atoms with E-state index >= 15 is 0 Å². The van der Waals surface area contributed by atoms with Gasteiger partial charge in [0.25, 0.3) is 5.91 Å². The van der Waals surface area contributed by atoms with Gasteiger partial charge in [-0.1, -0.05) is 12.1 Å². The number of carbonyl (C=O) groups excluding carboxylic acids is 4. The van der Waals surface area contributed by atoms with Crippen molar-refractivity contribution >= 4 is 23.6 Å². The number of nitrogens with one attached hydrogen (secondary N) is 2. The van der Waals surface area contributed by atoms with Crippen molar-refractivity contribution in [2.24, 2.45) is 0 Å². The fraction of sp³-hybridized carbons (Fsp3) is 0.565. The van der Waals surface area contributed by atoms with Crippen LogP contribution in [0, 0.1) is 0 Å². The third-order valence-corrected chi connectivity index (χ3v) is 5.96. The van der Waals surface area contributed by atoms with E-state index in [4.69, 9.17) is 4.74 Å². The third-order valence-electron chi connectivity index (χ3n) is 5.96. The van der Waals surface area contributed by atoms with Gasteiger partial charge in [-0.3, -0.25) is 19.2 Å². The van der Waals surface area contributed by atoms with E-state index in [1.54, 1.807) is 43.1 Å². The predicted octanol–water partition coefficient (Wildman–Crippen LogP) is -0.305. The van der Waals surface area contributed by atoms with E-state index < -0.39 is 23.9 Å². The van der Waals surface area contributed by atoms with Gasteiger partial charge in [-0.05, 0) is 39.1 Å². The summed E-state index contributed by atoms with van der Waals surface area (Å²) in [7, 11) is 3.62. The lowest BCUT2D eigenvalue weighted by atomic mass is 10.1. The van der Waals surface area contributed by atoms with E-state index in [-0.39, 0.29) is 30.4 Å². The molecule has 2 aliphatic heterocycles. The highest BCUT2D eigenvalue weighted by Gasteiger charge is 2.31. The van der Waals surface area contributed by atoms with Crippen molar-refractivity contribution in [3.05, 3.63) is 29.8 Å². The van der Waals surface area contributed by atoms with E-state index in [0.29, 0.717) is 31.9 Å². The molecule has 2 atom stereocenters. The number of benzene rings is 1. The van der Waals surface area contributed by atoms with Gasteiger partial charge in [-0.25, -0.2) is 0 Å². The van der Waals surface area contributed by atoms with E-state index in [1.165, 1.54) is 4.90 Å². The van der Waals surface area contributed by atoms with Crippen LogP contribution in [-0.4, -0.2) is 104 Å². The minimum Gasteiger partial charge on any atom is -0.491 e. The van der Waals surface area contributed by atoms with Crippen LogP contribution >= 0.6 is 0 Å². The first-order chi connectivity index (χ1) is 15.8. The Morgan fingerprint density at radius 2 is 1.76 bits per heavy atom. The average Bonchev–Trinajstić information content (AvgIpc) is 3.01. The molecular formula is C23H33N5O5. The molecule has 0 saturated carbocycles. The molecule has 2 aliphatic rings. The summed E-state index contributed by atoms with van der Waals surface area (Å²) in [6, 6.07) is 4.90. The monoisotopic (exact) mass is 459 g/mol. The molecule has 1 aromatic carbocycles. The summed E-state index contributed by atoms with van der Waals surface area (Å²) in [6.07, 6.45) is 0.547. The zero-order valence-corrected chi connectivity index (χ0v) is 19.5. The first-order valence-corrected chi connectivity index (χ1v) is 11.3. The zero-order chi connectivity index (χ0) is 24.0. The molecule has 3 rings (SSSR count). The molecule has 0 aliphatic carbocycles. The molecule has 0 unspecified atom stereocenters. The van der Waals surface area contributed by atoms with Crippen LogP contribution < -0.4 is 15.4 Å². The highest BCUT2D eigenvalue weighted by molar-refractivity contribution is 6.01. The summed E-state index contributed by atoms with van der Waals surface area (Å²) < 4.78 is 5.78. The second kappa shape index (κ2) is 11.1. The van der Waals surface area contributed by atoms with Gasteiger partial charge in [-0.15, -0.1) is 0 Å². The summed E-state index contributed by atoms with van der Waals surface area (Å²) in [5.74, 6) is -1.18. The van der Waals surface area contributed by atoms with Crippen molar-refractivity contribution < 1.29 is 23.9 Å². The standard InChI is InChI=1S/C23H33N5O5/c1-16-22(31)27(3)13-14-33-19-8-5-4-7-17(19)21(30)25-18(15-20(29)24-16)23(32)28-10-6-9-26(2)11-12-28/h4-5,7-8,16,18H,6,9-15H2,1-3H3,(H,24,29)(H,25,30)/t16-,18-/m0/s1. The Balaban J connectivity index is 1.88. The molecule has 4 amide bonds. The molecule has 180 valence electrons. The number of likely N-dealkylation sites (N-methyl/N-ethyl adjacent to an activating group) is 2. The Hall–Kier alpha value is -3.14. The van der Waals surface area contributed by atoms with Crippen LogP contribution in [0.2, 0.25) is 0 Å². The smallest absolute Gasteiger partial charge is 0.255 e. The predicted molar refractivity (Wildman–Crippen MR) is 122 cm³/mol. The number of hydrogen-bond donors (Lipinski definition) is 2. The topological polar surface area (TPSA) is 111 Å². The molecule has 0 spiro atoms. The molecule has 1 saturated heterocycles. The zero-order valence-electron chi connectivity index (χ0n) is 19.5. The maximum Gasteiger partial charge on any atom is 0.255 e. The van der Waals surface area contributed by atoms with Gasteiger partial charge in [0.1, 0.15) is 24.4 Å². The first kappa shape index (κ1) is 24.5. The molecule has 0 bridgehead atoms. The third kappa shape index (κ3) is 6.44. The second-order valence-electron chi connectivity index (χ2n) is 8.61. The van der Waals surface area contributed by atoms with Gasteiger partial charge in [0.05, 0.1) is 18.5 Å². The largest absolute Gasteiger partial charge is 0.491 e. The molecular weight excluding hydrogens is 426 g/mol. The Labute approximate surface area is 194 Å². The first-order valence-electron chi connectivity index (χ1n) is 11.3. The van der Waals surface area contributed by atoms with Crippen LogP contribution in [0.4, 0.5) is 0 Å². The van der Waals surface area contributed by atoms with E-state index in [2.05, 4.69) is 15.5 Å². The lowest BCUT2D eigenvalue weighted by molar-refractivity contribution is -0.137. The van der Waals surface area contributed by atoms with Gasteiger partial charge in [0, 0.05) is 26.7 Å². The fourth-order valence-corrected chi connectivity index (χ4v) is 3.98. The number of para-hydroxylation sites is 1. The number of hydrogen-bond acceptors (Lipinski definition) is 6. The molecule has 10 nitrogen and oxygen atoms in total. The van der Waals surface area contributed by atoms with E-state index in [0.717, 1.165) is 13.0 Å². The van der Waals surface area contributed by atoms with Crippen LogP contribution in [-0.2, 0) is 14.4 Å². The van der Waals surface area contributed by atoms with Crippen molar-refractivity contribution in [3.8, 4) is 5.75 Å². The lowest BCUT2D eigenvalue weighted by Crippen LogP contribution is -2.53. The van der Waals surface area contributed by atoms with Gasteiger partial charge in [0.15, 0.2) is 0 Å². The number of amides is 4. The summed E-state index contributed by atoms with van der Waals surface area (Å²) in [6.45, 7) is 4.72. The summed E-state index contributed by atoms with van der Waals surface area (Å²) in [5.41, 5.74) is 0.269. The molecule has 1 fully saturated rings. The molecule has 0 radical (unpaired) electrons. The molecule has 2 N–H and O–H groups in total. The summed E-state index contributed by atoms with van der Waals surface area (Å²) in [4.78, 5) is 57.1. The van der Waals surface area contributed by atoms with Crippen molar-refractivity contribution in [1.82, 2.24) is 25.3 Å². The Morgan fingerprint density at radius 3 is 2.55 bits per heavy atom. The number of ether oxygens (including phenoxy) is 1. The lowest BCUT2D eigenvalue weighted by Gasteiger charge is -2.28. The minimum absolute atomic E-state index is 0.177. The molecule has 33 heavy (non-hydrogen) atoms. The van der Waals surface area contributed by atoms with E-state index in [9.17, 15) is 19.2 Å². The van der Waals surface area contributed by atoms with Gasteiger partial charge in [0.2, 0.25) is 17.7 Å². The van der Waals surface area contributed by atoms with Crippen molar-refractivity contribution in [3.63, 3.8) is 0 Å². The maximum atomic E-state index is 13.4. The quantitative estimate of drug-likeness (QED) is 0.596. The molecule has 10 heteroatoms. The normalized spacial score (nSPS) is 24.0. The molecule has 1 aromatic rings. The van der Waals surface area contributed by atoms with Crippen LogP contribution in [0.25, 0.3) is 0 Å². The maximum absolute atomic E-state index is 13.4. The van der Waals surface area contributed by atoms with Gasteiger partial charge in [-0.2, -0.15) is 0 Å². The minimum atomic E-state index is -1.06. The summed E-state index contributed by atoms with van der Waals surface area (Å²) >= 11 is 0. The van der Waals surface area contributed by atoms with E-state index in [1.807, 2.05) is 7.05 Å². The Kier molecular flexibility index (Phi) is 8.26. The Morgan fingerprint density at radius 1 is 1.00 bits per heavy atom. The number of carbonyl (C=O) groups is 4. The molecule has 0 aromatic heterocycles. The van der Waals surface area contributed by atoms with Crippen molar-refractivity contribution in [1.29, 1.82) is 0 Å². The van der Waals surface area contributed by atoms with Crippen LogP contribution in [0.15, 0.2) is 24.3 Å². The molecule has 2 heterocycles. The second-order valence-corrected chi connectivity index (χ2v) is 8.61.